The van der Waals surface area contributed by atoms with Crippen molar-refractivity contribution < 1.29 is 32.4 Å². The monoisotopic (exact) mass is 525 g/mol. The summed E-state index contributed by atoms with van der Waals surface area (Å²) >= 11 is 0. The number of amides is 2. The second-order valence-electron chi connectivity index (χ2n) is 8.16. The Morgan fingerprint density at radius 3 is 2.49 bits per heavy atom. The Balaban J connectivity index is 1.69. The minimum absolute atomic E-state index is 0.0738. The largest absolute Gasteiger partial charge is 0.493 e. The standard InChI is InChI=1S/C25H23N3O8S/c1-35-20-11-10-16(12-21(20)36-2)23-14-25(30)27(19-8-3-4-9-22(19)37(23,33)34)15-24(29)26-17-6-5-7-18(13-17)28(31)32/h3-13,23H,14-15H2,1-2H3,(H,26,29). The number of nitrogens with one attached hydrogen (secondary N) is 1. The molecule has 1 N–H and O–H groups in total. The Kier molecular flexibility index (Phi) is 7.11. The SMILES string of the molecule is COc1ccc(C2CC(=O)N(CC(=O)Nc3cccc([N+](=O)[O-])c3)c3ccccc3S2(=O)=O)cc1OC. The summed E-state index contributed by atoms with van der Waals surface area (Å²) in [6, 6.07) is 16.0. The van der Waals surface area contributed by atoms with Crippen LogP contribution in [0.25, 0.3) is 0 Å². The zero-order valence-electron chi connectivity index (χ0n) is 19.9. The number of benzene rings is 3. The fraction of sp³-hybridized carbons (Fsp3) is 0.200. The summed E-state index contributed by atoms with van der Waals surface area (Å²) in [5.41, 5.74) is 0.372. The van der Waals surface area contributed by atoms with Crippen molar-refractivity contribution >= 4 is 38.7 Å². The molecule has 12 heteroatoms. The zero-order valence-corrected chi connectivity index (χ0v) is 20.7. The quantitative estimate of drug-likeness (QED) is 0.364. The van der Waals surface area contributed by atoms with Crippen LogP contribution in [0.1, 0.15) is 17.2 Å². The van der Waals surface area contributed by atoms with Crippen molar-refractivity contribution in [2.45, 2.75) is 16.6 Å². The van der Waals surface area contributed by atoms with Gasteiger partial charge in [-0.3, -0.25) is 19.7 Å². The van der Waals surface area contributed by atoms with Gasteiger partial charge in [0.1, 0.15) is 6.54 Å². The normalized spacial score (nSPS) is 16.3. The number of carbonyl (C=O) groups excluding carboxylic acids is 2. The van der Waals surface area contributed by atoms with Gasteiger partial charge in [-0.1, -0.05) is 24.3 Å². The van der Waals surface area contributed by atoms with E-state index in [-0.39, 0.29) is 22.0 Å². The molecular formula is C25H23N3O8S. The lowest BCUT2D eigenvalue weighted by atomic mass is 10.1. The molecule has 1 heterocycles. The molecule has 1 atom stereocenters. The van der Waals surface area contributed by atoms with Gasteiger partial charge in [0.15, 0.2) is 21.3 Å². The van der Waals surface area contributed by atoms with Crippen molar-refractivity contribution in [1.82, 2.24) is 0 Å². The lowest BCUT2D eigenvalue weighted by Crippen LogP contribution is -2.38. The van der Waals surface area contributed by atoms with Gasteiger partial charge in [0.05, 0.1) is 35.0 Å². The maximum absolute atomic E-state index is 13.7. The highest BCUT2D eigenvalue weighted by atomic mass is 32.2. The second kappa shape index (κ2) is 10.3. The van der Waals surface area contributed by atoms with Gasteiger partial charge >= 0.3 is 0 Å². The first-order valence-corrected chi connectivity index (χ1v) is 12.6. The molecule has 0 saturated heterocycles. The summed E-state index contributed by atoms with van der Waals surface area (Å²) in [5, 5.41) is 12.3. The van der Waals surface area contributed by atoms with E-state index in [4.69, 9.17) is 9.47 Å². The molecule has 0 aromatic heterocycles. The van der Waals surface area contributed by atoms with Crippen LogP contribution in [-0.4, -0.2) is 45.9 Å². The summed E-state index contributed by atoms with van der Waals surface area (Å²) in [7, 11) is -1.18. The molecule has 37 heavy (non-hydrogen) atoms. The van der Waals surface area contributed by atoms with Gasteiger partial charge in [0, 0.05) is 24.2 Å². The average molecular weight is 526 g/mol. The maximum atomic E-state index is 13.7. The van der Waals surface area contributed by atoms with Crippen molar-refractivity contribution in [2.24, 2.45) is 0 Å². The highest BCUT2D eigenvalue weighted by Crippen LogP contribution is 2.42. The Bertz CT molecular complexity index is 1490. The van der Waals surface area contributed by atoms with Crippen molar-refractivity contribution in [3.8, 4) is 11.5 Å². The van der Waals surface area contributed by atoms with Crippen LogP contribution in [0.5, 0.6) is 11.5 Å². The Morgan fingerprint density at radius 2 is 1.78 bits per heavy atom. The molecule has 2 amide bonds. The summed E-state index contributed by atoms with van der Waals surface area (Å²) in [6.45, 7) is -0.493. The molecule has 0 saturated carbocycles. The van der Waals surface area contributed by atoms with Gasteiger partial charge < -0.3 is 19.7 Å². The number of anilines is 2. The number of non-ortho nitro benzene ring substituents is 1. The average Bonchev–Trinajstić information content (AvgIpc) is 2.97. The third kappa shape index (κ3) is 5.09. The number of hydrogen-bond acceptors (Lipinski definition) is 8. The van der Waals surface area contributed by atoms with E-state index in [0.717, 1.165) is 4.90 Å². The number of fused-ring (bicyclic) bond motifs is 1. The van der Waals surface area contributed by atoms with Crippen LogP contribution < -0.4 is 19.7 Å². The van der Waals surface area contributed by atoms with Gasteiger partial charge in [0.25, 0.3) is 5.69 Å². The van der Waals surface area contributed by atoms with E-state index in [2.05, 4.69) is 5.32 Å². The highest BCUT2D eigenvalue weighted by molar-refractivity contribution is 7.92. The van der Waals surface area contributed by atoms with E-state index in [9.17, 15) is 28.1 Å². The van der Waals surface area contributed by atoms with Crippen molar-refractivity contribution in [3.05, 3.63) is 82.4 Å². The third-order valence-corrected chi connectivity index (χ3v) is 8.07. The number of carbonyl (C=O) groups is 2. The molecule has 192 valence electrons. The second-order valence-corrected chi connectivity index (χ2v) is 10.3. The third-order valence-electron chi connectivity index (χ3n) is 5.92. The molecule has 0 fully saturated rings. The Morgan fingerprint density at radius 1 is 1.05 bits per heavy atom. The number of ether oxygens (including phenoxy) is 2. The van der Waals surface area contributed by atoms with E-state index >= 15 is 0 Å². The van der Waals surface area contributed by atoms with E-state index < -0.39 is 44.8 Å². The number of hydrogen-bond donors (Lipinski definition) is 1. The van der Waals surface area contributed by atoms with Crippen LogP contribution in [0.2, 0.25) is 0 Å². The first-order chi connectivity index (χ1) is 17.6. The lowest BCUT2D eigenvalue weighted by Gasteiger charge is -2.21. The minimum atomic E-state index is -4.06. The summed E-state index contributed by atoms with van der Waals surface area (Å²) in [6.07, 6.45) is -0.420. The van der Waals surface area contributed by atoms with Gasteiger partial charge in [-0.05, 0) is 35.9 Å². The fourth-order valence-corrected chi connectivity index (χ4v) is 6.06. The van der Waals surface area contributed by atoms with Gasteiger partial charge in [-0.2, -0.15) is 0 Å². The molecule has 3 aromatic carbocycles. The number of methoxy groups -OCH3 is 2. The number of nitrogens with zero attached hydrogens (tertiary/aromatic N) is 2. The number of para-hydroxylation sites is 1. The topological polar surface area (TPSA) is 145 Å². The molecule has 3 aromatic rings. The number of rotatable bonds is 7. The summed E-state index contributed by atoms with van der Waals surface area (Å²) < 4.78 is 38.0. The number of sulfone groups is 1. The lowest BCUT2D eigenvalue weighted by molar-refractivity contribution is -0.384. The predicted molar refractivity (Wildman–Crippen MR) is 135 cm³/mol. The number of nitro groups is 1. The molecule has 1 aliphatic heterocycles. The molecule has 0 spiro atoms. The van der Waals surface area contributed by atoms with Crippen molar-refractivity contribution in [3.63, 3.8) is 0 Å². The molecule has 4 rings (SSSR count). The first-order valence-electron chi connectivity index (χ1n) is 11.0. The predicted octanol–water partition coefficient (Wildman–Crippen LogP) is 3.50. The molecule has 0 bridgehead atoms. The molecule has 0 radical (unpaired) electrons. The summed E-state index contributed by atoms with van der Waals surface area (Å²) in [5.74, 6) is -0.509. The van der Waals surface area contributed by atoms with Gasteiger partial charge in [-0.25, -0.2) is 8.42 Å². The van der Waals surface area contributed by atoms with E-state index in [1.165, 1.54) is 56.7 Å². The van der Waals surface area contributed by atoms with E-state index in [1.54, 1.807) is 24.3 Å². The van der Waals surface area contributed by atoms with E-state index in [1.807, 2.05) is 0 Å². The van der Waals surface area contributed by atoms with Crippen molar-refractivity contribution in [1.29, 1.82) is 0 Å². The van der Waals surface area contributed by atoms with E-state index in [0.29, 0.717) is 17.1 Å². The van der Waals surface area contributed by atoms with Crippen LogP contribution in [-0.2, 0) is 19.4 Å². The van der Waals surface area contributed by atoms with Crippen LogP contribution >= 0.6 is 0 Å². The van der Waals surface area contributed by atoms with Crippen LogP contribution in [0.15, 0.2) is 71.6 Å². The van der Waals surface area contributed by atoms with Gasteiger partial charge in [0.2, 0.25) is 11.8 Å². The van der Waals surface area contributed by atoms with Gasteiger partial charge in [-0.15, -0.1) is 0 Å². The smallest absolute Gasteiger partial charge is 0.271 e. The van der Waals surface area contributed by atoms with Crippen LogP contribution in [0, 0.1) is 10.1 Å². The molecule has 1 aliphatic rings. The Labute approximate surface area is 212 Å². The highest BCUT2D eigenvalue weighted by Gasteiger charge is 2.40. The van der Waals surface area contributed by atoms with Crippen molar-refractivity contribution in [2.75, 3.05) is 31.0 Å². The first kappa shape index (κ1) is 25.6. The molecule has 0 aliphatic carbocycles. The summed E-state index contributed by atoms with van der Waals surface area (Å²) in [4.78, 5) is 37.7. The Hall–Kier alpha value is -4.45. The number of nitro benzene ring substituents is 1. The maximum Gasteiger partial charge on any atom is 0.271 e. The molecular weight excluding hydrogens is 502 g/mol. The minimum Gasteiger partial charge on any atom is -0.493 e. The van der Waals surface area contributed by atoms with Crippen LogP contribution in [0.3, 0.4) is 0 Å². The fourth-order valence-electron chi connectivity index (χ4n) is 4.15. The van der Waals surface area contributed by atoms with Crippen LogP contribution in [0.4, 0.5) is 17.1 Å². The molecule has 1 unspecified atom stereocenters. The zero-order chi connectivity index (χ0) is 26.7. The molecule has 11 nitrogen and oxygen atoms in total.